The highest BCUT2D eigenvalue weighted by Crippen LogP contribution is 2.44. The van der Waals surface area contributed by atoms with Crippen molar-refractivity contribution in [2.24, 2.45) is 0 Å². The third kappa shape index (κ3) is 2.07. The van der Waals surface area contributed by atoms with Crippen molar-refractivity contribution >= 4 is 28.1 Å². The maximum Gasteiger partial charge on any atom is 0.144 e. The van der Waals surface area contributed by atoms with Gasteiger partial charge in [0.15, 0.2) is 0 Å². The molecule has 98 valence electrons. The molecule has 3 aromatic rings. The average molecular weight is 300 g/mol. The number of fused-ring (bicyclic) bond motifs is 1. The Kier molecular flexibility index (Phi) is 2.72. The van der Waals surface area contributed by atoms with Crippen LogP contribution in [0, 0.1) is 11.8 Å². The van der Waals surface area contributed by atoms with Crippen LogP contribution in [-0.4, -0.2) is 30.3 Å². The number of hydrogen-bond donors (Lipinski definition) is 3. The fourth-order valence-corrected chi connectivity index (χ4v) is 3.85. The molecule has 1 atom stereocenters. The summed E-state index contributed by atoms with van der Waals surface area (Å²) in [5.41, 5.74) is 1.75. The summed E-state index contributed by atoms with van der Waals surface area (Å²) in [6.45, 7) is 0. The Morgan fingerprint density at radius 3 is 2.80 bits per heavy atom. The van der Waals surface area contributed by atoms with Gasteiger partial charge in [0, 0.05) is 0 Å². The number of imidazole rings is 2. The first kappa shape index (κ1) is 11.6. The molecule has 0 bridgehead atoms. The van der Waals surface area contributed by atoms with E-state index in [0.717, 1.165) is 26.4 Å². The summed E-state index contributed by atoms with van der Waals surface area (Å²) < 4.78 is 0. The molecule has 1 unspecified atom stereocenters. The van der Waals surface area contributed by atoms with E-state index in [-0.39, 0.29) is 5.37 Å². The van der Waals surface area contributed by atoms with Gasteiger partial charge in [0.1, 0.15) is 26.1 Å². The van der Waals surface area contributed by atoms with E-state index in [9.17, 15) is 0 Å². The molecule has 1 aliphatic heterocycles. The number of aromatic amines is 2. The van der Waals surface area contributed by atoms with Crippen molar-refractivity contribution in [1.82, 2.24) is 24.9 Å². The van der Waals surface area contributed by atoms with Crippen molar-refractivity contribution in [2.75, 3.05) is 5.32 Å². The van der Waals surface area contributed by atoms with Gasteiger partial charge in [-0.3, -0.25) is 0 Å². The minimum Gasteiger partial charge on any atom is -0.352 e. The number of thiazole rings is 1. The minimum atomic E-state index is 0.0304. The normalized spacial score (nSPS) is 16.3. The number of nitrogens with zero attached hydrogens (tertiary/aromatic N) is 3. The zero-order chi connectivity index (χ0) is 13.4. The molecule has 0 aliphatic carbocycles. The molecule has 0 saturated carbocycles. The molecule has 4 rings (SSSR count). The summed E-state index contributed by atoms with van der Waals surface area (Å²) in [6.07, 6.45) is 6.75. The third-order valence-corrected chi connectivity index (χ3v) is 4.79. The molecule has 1 aliphatic rings. The van der Waals surface area contributed by atoms with Crippen LogP contribution in [0.15, 0.2) is 30.1 Å². The molecule has 0 spiro atoms. The Bertz CT molecular complexity index is 754. The smallest absolute Gasteiger partial charge is 0.144 e. The van der Waals surface area contributed by atoms with Crippen LogP contribution in [0.4, 0.5) is 5.00 Å². The number of aromatic nitrogens is 5. The van der Waals surface area contributed by atoms with Gasteiger partial charge in [-0.2, -0.15) is 0 Å². The Hall–Kier alpha value is -2.24. The first-order valence-electron chi connectivity index (χ1n) is 5.81. The molecule has 4 heterocycles. The number of H-pyrrole nitrogens is 2. The van der Waals surface area contributed by atoms with Gasteiger partial charge < -0.3 is 15.3 Å². The van der Waals surface area contributed by atoms with Crippen molar-refractivity contribution in [3.05, 3.63) is 30.7 Å². The third-order valence-electron chi connectivity index (χ3n) is 2.65. The second-order valence-electron chi connectivity index (χ2n) is 4.00. The van der Waals surface area contributed by atoms with Gasteiger partial charge in [-0.1, -0.05) is 29.0 Å². The molecule has 0 fully saturated rings. The largest absolute Gasteiger partial charge is 0.352 e. The summed E-state index contributed by atoms with van der Waals surface area (Å²) >= 11 is 3.23. The molecular weight excluding hydrogens is 292 g/mol. The van der Waals surface area contributed by atoms with E-state index in [4.69, 9.17) is 0 Å². The Balaban J connectivity index is 1.52. The Morgan fingerprint density at radius 2 is 2.05 bits per heavy atom. The number of anilines is 1. The fraction of sp³-hybridized carbons (Fsp3) is 0.0833. The summed E-state index contributed by atoms with van der Waals surface area (Å²) in [5, 5.41) is 6.37. The number of nitrogens with one attached hydrogen (secondary N) is 3. The predicted octanol–water partition coefficient (Wildman–Crippen LogP) is 2.15. The predicted molar refractivity (Wildman–Crippen MR) is 78.4 cm³/mol. The van der Waals surface area contributed by atoms with Gasteiger partial charge >= 0.3 is 0 Å². The molecule has 0 radical (unpaired) electrons. The molecule has 6 nitrogen and oxygen atoms in total. The number of thioether (sulfide) groups is 1. The number of hydrogen-bond acceptors (Lipinski definition) is 6. The van der Waals surface area contributed by atoms with Crippen molar-refractivity contribution in [3.8, 4) is 22.5 Å². The Labute approximate surface area is 122 Å². The van der Waals surface area contributed by atoms with E-state index in [1.54, 1.807) is 48.1 Å². The quantitative estimate of drug-likeness (QED) is 0.600. The summed E-state index contributed by atoms with van der Waals surface area (Å²) in [6, 6.07) is 0. The molecule has 0 amide bonds. The second-order valence-corrected chi connectivity index (χ2v) is 6.09. The molecule has 0 aromatic carbocycles. The lowest BCUT2D eigenvalue weighted by Crippen LogP contribution is -2.05. The van der Waals surface area contributed by atoms with Crippen LogP contribution in [0.3, 0.4) is 0 Å². The van der Waals surface area contributed by atoms with Crippen LogP contribution in [-0.2, 0) is 0 Å². The van der Waals surface area contributed by atoms with Crippen molar-refractivity contribution in [2.45, 2.75) is 10.4 Å². The van der Waals surface area contributed by atoms with Crippen LogP contribution < -0.4 is 5.32 Å². The van der Waals surface area contributed by atoms with E-state index in [1.807, 2.05) is 0 Å². The van der Waals surface area contributed by atoms with Crippen molar-refractivity contribution in [1.29, 1.82) is 0 Å². The topological polar surface area (TPSA) is 82.3 Å². The maximum absolute atomic E-state index is 4.59. The van der Waals surface area contributed by atoms with E-state index in [0.29, 0.717) is 0 Å². The molecular formula is C12H8N6S2. The number of rotatable bonds is 1. The van der Waals surface area contributed by atoms with Gasteiger partial charge in [-0.25, -0.2) is 15.0 Å². The first-order chi connectivity index (χ1) is 9.88. The van der Waals surface area contributed by atoms with Gasteiger partial charge in [-0.15, -0.1) is 0 Å². The van der Waals surface area contributed by atoms with E-state index in [1.165, 1.54) is 0 Å². The first-order valence-corrected chi connectivity index (χ1v) is 7.51. The highest BCUT2D eigenvalue weighted by molar-refractivity contribution is 8.00. The molecule has 20 heavy (non-hydrogen) atoms. The average Bonchev–Trinajstić information content (AvgIpc) is 3.19. The maximum atomic E-state index is 4.59. The van der Waals surface area contributed by atoms with Crippen LogP contribution in [0.1, 0.15) is 5.69 Å². The summed E-state index contributed by atoms with van der Waals surface area (Å²) in [4.78, 5) is 18.5. The van der Waals surface area contributed by atoms with Gasteiger partial charge in [0.25, 0.3) is 0 Å². The standard InChI is InChI=1S/C12H8N6S2/c1(7-3-13-5-15-7)2-9-17-11-12(19-9)18-10(20-11)8-4-14-6-16-8/h3-6,9,17H,(H,13,15)(H,14,16). The van der Waals surface area contributed by atoms with Gasteiger partial charge in [0.05, 0.1) is 30.7 Å². The van der Waals surface area contributed by atoms with Gasteiger partial charge in [-0.05, 0) is 5.92 Å². The fourth-order valence-electron chi connectivity index (χ4n) is 1.76. The zero-order valence-electron chi connectivity index (χ0n) is 10.0. The Morgan fingerprint density at radius 1 is 1.15 bits per heavy atom. The summed E-state index contributed by atoms with van der Waals surface area (Å²) in [7, 11) is 0. The molecule has 3 aromatic heterocycles. The van der Waals surface area contributed by atoms with Crippen molar-refractivity contribution < 1.29 is 0 Å². The summed E-state index contributed by atoms with van der Waals surface area (Å²) in [5.74, 6) is 6.19. The van der Waals surface area contributed by atoms with Crippen LogP contribution >= 0.6 is 23.1 Å². The highest BCUT2D eigenvalue weighted by atomic mass is 32.2. The highest BCUT2D eigenvalue weighted by Gasteiger charge is 2.25. The van der Waals surface area contributed by atoms with E-state index >= 15 is 0 Å². The van der Waals surface area contributed by atoms with E-state index < -0.39 is 0 Å². The lowest BCUT2D eigenvalue weighted by molar-refractivity contribution is 1.21. The SMILES string of the molecule is C(#CC1Nc2sc(-c3cnc[nH]3)nc2S1)c1cnc[nH]1. The van der Waals surface area contributed by atoms with E-state index in [2.05, 4.69) is 42.1 Å². The second kappa shape index (κ2) is 4.70. The van der Waals surface area contributed by atoms with Crippen LogP contribution in [0.2, 0.25) is 0 Å². The van der Waals surface area contributed by atoms with Crippen molar-refractivity contribution in [3.63, 3.8) is 0 Å². The zero-order valence-corrected chi connectivity index (χ0v) is 11.7. The van der Waals surface area contributed by atoms with Crippen LogP contribution in [0.5, 0.6) is 0 Å². The molecule has 0 saturated heterocycles. The monoisotopic (exact) mass is 300 g/mol. The lowest BCUT2D eigenvalue weighted by atomic mass is 10.4. The minimum absolute atomic E-state index is 0.0304. The lowest BCUT2D eigenvalue weighted by Gasteiger charge is -2.00. The molecule has 3 N–H and O–H groups in total. The van der Waals surface area contributed by atoms with Gasteiger partial charge in [0.2, 0.25) is 0 Å². The van der Waals surface area contributed by atoms with Crippen LogP contribution in [0.25, 0.3) is 10.7 Å². The molecule has 8 heteroatoms.